The zero-order valence-electron chi connectivity index (χ0n) is 18.3. The van der Waals surface area contributed by atoms with Gasteiger partial charge in [0.15, 0.2) is 0 Å². The second-order valence-electron chi connectivity index (χ2n) is 8.71. The Morgan fingerprint density at radius 3 is 2.80 bits per heavy atom. The van der Waals surface area contributed by atoms with Gasteiger partial charge in [0.1, 0.15) is 18.7 Å². The Kier molecular flexibility index (Phi) is 4.86. The summed E-state index contributed by atoms with van der Waals surface area (Å²) >= 11 is 6.15. The summed E-state index contributed by atoms with van der Waals surface area (Å²) in [7, 11) is 0. The number of pyridine rings is 1. The number of rotatable bonds is 3. The monoisotopic (exact) mass is 487 g/mol. The number of urea groups is 1. The molecule has 0 radical (unpaired) electrons. The van der Waals surface area contributed by atoms with Gasteiger partial charge in [0, 0.05) is 28.7 Å². The van der Waals surface area contributed by atoms with Crippen LogP contribution in [0.15, 0.2) is 54.7 Å². The van der Waals surface area contributed by atoms with Crippen LogP contribution in [-0.4, -0.2) is 57.5 Å². The number of likely N-dealkylation sites (tertiary alicyclic amines) is 1. The summed E-state index contributed by atoms with van der Waals surface area (Å²) in [6, 6.07) is 13.8. The minimum atomic E-state index is -0.781. The highest BCUT2D eigenvalue weighted by Crippen LogP contribution is 2.43. The van der Waals surface area contributed by atoms with E-state index in [-0.39, 0.29) is 12.6 Å². The van der Waals surface area contributed by atoms with E-state index in [1.165, 1.54) is 4.90 Å². The Morgan fingerprint density at radius 2 is 2.00 bits per heavy atom. The highest BCUT2D eigenvalue weighted by molar-refractivity contribution is 6.31. The largest absolute Gasteiger partial charge is 0.444 e. The molecule has 10 heteroatoms. The summed E-state index contributed by atoms with van der Waals surface area (Å²) < 4.78 is 5.49. The molecule has 3 aromatic rings. The minimum absolute atomic E-state index is 0.0179. The van der Waals surface area contributed by atoms with Gasteiger partial charge in [-0.2, -0.15) is 5.26 Å². The van der Waals surface area contributed by atoms with Crippen LogP contribution in [0, 0.1) is 11.3 Å². The molecule has 3 saturated heterocycles. The van der Waals surface area contributed by atoms with Gasteiger partial charge >= 0.3 is 12.1 Å². The standard InChI is InChI=1S/C25H18ClN5O4/c26-18-6-2-1-4-15(18)13-35-25(34)29-12-16-10-20(29)22-23(32)31(24(33)30(16)22)19-8-7-14(11-27)21-17(19)5-3-9-28-21/h1-9,16,20,22H,10,12-13H2. The molecule has 9 nitrogen and oxygen atoms in total. The fourth-order valence-corrected chi connectivity index (χ4v) is 5.56. The van der Waals surface area contributed by atoms with Gasteiger partial charge in [-0.15, -0.1) is 0 Å². The topological polar surface area (TPSA) is 107 Å². The summed E-state index contributed by atoms with van der Waals surface area (Å²) in [5, 5.41) is 10.5. The molecule has 6 rings (SSSR count). The van der Waals surface area contributed by atoms with Crippen molar-refractivity contribution in [1.82, 2.24) is 14.8 Å². The van der Waals surface area contributed by atoms with Crippen LogP contribution in [0.25, 0.3) is 10.9 Å². The number of aromatic nitrogens is 1. The Hall–Kier alpha value is -4.16. The SMILES string of the molecule is N#Cc1ccc(N2C(=O)C3C4CC(CN4C(=O)OCc4ccccc4Cl)N3C2=O)c2cccnc12. The lowest BCUT2D eigenvalue weighted by molar-refractivity contribution is -0.121. The Bertz CT molecular complexity index is 1450. The van der Waals surface area contributed by atoms with Crippen molar-refractivity contribution in [3.63, 3.8) is 0 Å². The molecule has 0 saturated carbocycles. The molecule has 3 unspecified atom stereocenters. The minimum Gasteiger partial charge on any atom is -0.444 e. The lowest BCUT2D eigenvalue weighted by Gasteiger charge is -2.34. The lowest BCUT2D eigenvalue weighted by atomic mass is 10.1. The van der Waals surface area contributed by atoms with Crippen molar-refractivity contribution < 1.29 is 19.1 Å². The number of halogens is 1. The summed E-state index contributed by atoms with van der Waals surface area (Å²) in [4.78, 5) is 48.4. The van der Waals surface area contributed by atoms with Gasteiger partial charge in [-0.05, 0) is 36.8 Å². The van der Waals surface area contributed by atoms with E-state index in [4.69, 9.17) is 16.3 Å². The van der Waals surface area contributed by atoms with Crippen LogP contribution in [0.5, 0.6) is 0 Å². The smallest absolute Gasteiger partial charge is 0.410 e. The van der Waals surface area contributed by atoms with E-state index in [9.17, 15) is 19.6 Å². The molecular weight excluding hydrogens is 470 g/mol. The van der Waals surface area contributed by atoms with Gasteiger partial charge in [0.05, 0.1) is 28.9 Å². The first-order valence-corrected chi connectivity index (χ1v) is 11.5. The highest BCUT2D eigenvalue weighted by atomic mass is 35.5. The van der Waals surface area contributed by atoms with Gasteiger partial charge in [-0.3, -0.25) is 9.78 Å². The molecule has 4 amide bonds. The number of carbonyl (C=O) groups is 3. The normalized spacial score (nSPS) is 22.6. The fraction of sp³-hybridized carbons (Fsp3) is 0.240. The molecule has 2 bridgehead atoms. The first-order chi connectivity index (χ1) is 17.0. The molecule has 0 N–H and O–H groups in total. The molecule has 2 aromatic carbocycles. The zero-order chi connectivity index (χ0) is 24.3. The van der Waals surface area contributed by atoms with Crippen LogP contribution in [0.1, 0.15) is 17.5 Å². The van der Waals surface area contributed by atoms with E-state index >= 15 is 0 Å². The maximum atomic E-state index is 13.6. The Morgan fingerprint density at radius 1 is 1.17 bits per heavy atom. The number of nitrogens with zero attached hydrogens (tertiary/aromatic N) is 5. The first kappa shape index (κ1) is 21.4. The number of fused-ring (bicyclic) bond motifs is 6. The third kappa shape index (κ3) is 3.14. The number of piperazine rings is 1. The van der Waals surface area contributed by atoms with Crippen molar-refractivity contribution in [2.24, 2.45) is 0 Å². The Labute approximate surface area is 205 Å². The fourth-order valence-electron chi connectivity index (χ4n) is 5.37. The second-order valence-corrected chi connectivity index (χ2v) is 9.11. The highest BCUT2D eigenvalue weighted by Gasteiger charge is 2.63. The third-order valence-corrected chi connectivity index (χ3v) is 7.28. The number of hydrogen-bond acceptors (Lipinski definition) is 6. The molecule has 3 fully saturated rings. The predicted octanol–water partition coefficient (Wildman–Crippen LogP) is 3.69. The van der Waals surface area contributed by atoms with Crippen LogP contribution < -0.4 is 4.90 Å². The van der Waals surface area contributed by atoms with Crippen molar-refractivity contribution in [1.29, 1.82) is 5.26 Å². The third-order valence-electron chi connectivity index (χ3n) is 6.92. The molecular formula is C25H18ClN5O4. The van der Waals surface area contributed by atoms with E-state index < -0.39 is 30.1 Å². The zero-order valence-corrected chi connectivity index (χ0v) is 19.1. The van der Waals surface area contributed by atoms with Gasteiger partial charge in [0.2, 0.25) is 0 Å². The number of imide groups is 1. The van der Waals surface area contributed by atoms with Gasteiger partial charge in [0.25, 0.3) is 5.91 Å². The number of carbonyl (C=O) groups excluding carboxylic acids is 3. The molecule has 4 heterocycles. The average molecular weight is 488 g/mol. The maximum absolute atomic E-state index is 13.6. The first-order valence-electron chi connectivity index (χ1n) is 11.1. The van der Waals surface area contributed by atoms with Crippen molar-refractivity contribution in [2.75, 3.05) is 11.4 Å². The molecule has 3 aliphatic heterocycles. The van der Waals surface area contributed by atoms with Crippen LogP contribution in [0.3, 0.4) is 0 Å². The van der Waals surface area contributed by atoms with Gasteiger partial charge in [-0.25, -0.2) is 14.5 Å². The van der Waals surface area contributed by atoms with Crippen LogP contribution in [0.2, 0.25) is 5.02 Å². The van der Waals surface area contributed by atoms with Gasteiger partial charge in [-0.1, -0.05) is 29.8 Å². The number of benzene rings is 2. The molecule has 0 spiro atoms. The predicted molar refractivity (Wildman–Crippen MR) is 126 cm³/mol. The number of nitriles is 1. The van der Waals surface area contributed by atoms with Crippen LogP contribution in [-0.2, 0) is 16.1 Å². The van der Waals surface area contributed by atoms with Crippen LogP contribution in [0.4, 0.5) is 15.3 Å². The maximum Gasteiger partial charge on any atom is 0.410 e. The molecule has 3 atom stereocenters. The van der Waals surface area contributed by atoms with Gasteiger partial charge < -0.3 is 14.5 Å². The van der Waals surface area contributed by atoms with Crippen molar-refractivity contribution >= 4 is 46.2 Å². The molecule has 3 aliphatic rings. The van der Waals surface area contributed by atoms with E-state index in [0.29, 0.717) is 45.7 Å². The van der Waals surface area contributed by atoms with E-state index in [1.54, 1.807) is 53.6 Å². The lowest BCUT2D eigenvalue weighted by Crippen LogP contribution is -2.54. The Balaban J connectivity index is 1.27. The molecule has 35 heavy (non-hydrogen) atoms. The van der Waals surface area contributed by atoms with E-state index in [2.05, 4.69) is 11.1 Å². The van der Waals surface area contributed by atoms with Crippen molar-refractivity contribution in [2.45, 2.75) is 31.2 Å². The number of anilines is 1. The molecule has 1 aromatic heterocycles. The summed E-state index contributed by atoms with van der Waals surface area (Å²) in [5.41, 5.74) is 1.85. The summed E-state index contributed by atoms with van der Waals surface area (Å²) in [6.07, 6.45) is 1.54. The van der Waals surface area contributed by atoms with E-state index in [0.717, 1.165) is 4.90 Å². The number of ether oxygens (including phenoxy) is 1. The van der Waals surface area contributed by atoms with E-state index in [1.807, 2.05) is 6.07 Å². The quantitative estimate of drug-likeness (QED) is 0.521. The average Bonchev–Trinajstić information content (AvgIpc) is 3.54. The molecule has 174 valence electrons. The summed E-state index contributed by atoms with van der Waals surface area (Å²) in [5.74, 6) is -0.402. The number of hydrogen-bond donors (Lipinski definition) is 0. The number of amides is 4. The molecule has 0 aliphatic carbocycles. The second kappa shape index (κ2) is 7.96. The van der Waals surface area contributed by atoms with Crippen molar-refractivity contribution in [3.05, 3.63) is 70.9 Å². The summed E-state index contributed by atoms with van der Waals surface area (Å²) in [6.45, 7) is 0.315. The van der Waals surface area contributed by atoms with Crippen molar-refractivity contribution in [3.8, 4) is 6.07 Å². The van der Waals surface area contributed by atoms with Crippen LogP contribution >= 0.6 is 11.6 Å².